The molecule has 9 aromatic carbocycles. The Morgan fingerprint density at radius 1 is 0.388 bits per heavy atom. The molecule has 0 saturated heterocycles. The minimum absolute atomic E-state index is 0.0196. The molecule has 0 amide bonds. The quantitative estimate of drug-likeness (QED) is 0.173. The number of hydrogen-bond acceptors (Lipinski definition) is 1. The van der Waals surface area contributed by atoms with Gasteiger partial charge in [-0.2, -0.15) is 0 Å². The normalized spacial score (nSPS) is 18.5. The molecule has 0 aliphatic carbocycles. The number of fused-ring (bicyclic) bond motifs is 6. The van der Waals surface area contributed by atoms with Gasteiger partial charge in [-0.3, -0.25) is 0 Å². The summed E-state index contributed by atoms with van der Waals surface area (Å²) in [5.74, 6) is 0. The van der Waals surface area contributed by atoms with Gasteiger partial charge in [-0.05, 0) is 101 Å². The van der Waals surface area contributed by atoms with Crippen LogP contribution < -0.4 is 0 Å². The Hall–Kier alpha value is -6.44. The smallest absolute Gasteiger partial charge is 0.136 e. The molecule has 49 heavy (non-hydrogen) atoms. The molecule has 1 aromatic heterocycles. The highest BCUT2D eigenvalue weighted by Crippen LogP contribution is 2.46. The third-order valence-electron chi connectivity index (χ3n) is 8.37. The first-order valence-corrected chi connectivity index (χ1v) is 14.9. The lowest BCUT2D eigenvalue weighted by Gasteiger charge is -2.19. The maximum Gasteiger partial charge on any atom is 0.136 e. The topological polar surface area (TPSA) is 13.1 Å². The molecule has 1 heterocycles. The van der Waals surface area contributed by atoms with Crippen molar-refractivity contribution >= 4 is 54.3 Å². The summed E-state index contributed by atoms with van der Waals surface area (Å²) in [5.41, 5.74) is -2.50. The van der Waals surface area contributed by atoms with Crippen LogP contribution in [-0.4, -0.2) is 0 Å². The van der Waals surface area contributed by atoms with E-state index in [4.69, 9.17) is 25.0 Å². The van der Waals surface area contributed by atoms with Crippen molar-refractivity contribution in [3.05, 3.63) is 181 Å². The van der Waals surface area contributed by atoms with Crippen LogP contribution in [0.1, 0.15) is 32.9 Å². The van der Waals surface area contributed by atoms with E-state index >= 15 is 0 Å². The van der Waals surface area contributed by atoms with Gasteiger partial charge < -0.3 is 4.42 Å². The fraction of sp³-hybridized carbons (Fsp3) is 0. The summed E-state index contributed by atoms with van der Waals surface area (Å²) in [6.07, 6.45) is 0. The van der Waals surface area contributed by atoms with Gasteiger partial charge in [0.2, 0.25) is 0 Å². The molecule has 0 spiro atoms. The molecule has 1 nitrogen and oxygen atoms in total. The zero-order valence-corrected chi connectivity index (χ0v) is 24.9. The van der Waals surface area contributed by atoms with Gasteiger partial charge in [-0.1, -0.05) is 157 Å². The van der Waals surface area contributed by atoms with Gasteiger partial charge in [0.15, 0.2) is 0 Å². The molecule has 10 aromatic rings. The Morgan fingerprint density at radius 2 is 1.00 bits per heavy atom. The van der Waals surface area contributed by atoms with Crippen LogP contribution in [0.5, 0.6) is 0 Å². The van der Waals surface area contributed by atoms with Gasteiger partial charge in [-0.25, -0.2) is 0 Å². The van der Waals surface area contributed by atoms with Crippen molar-refractivity contribution < 1.29 is 37.3 Å². The van der Waals surface area contributed by atoms with Crippen molar-refractivity contribution in [3.63, 3.8) is 0 Å². The average molecular weight is 647 g/mol. The average Bonchev–Trinajstić information content (AvgIpc) is 3.75. The standard InChI is InChI=1S/C48H30O/c1-2-13-31(14-3-1)33-27-28-44-43(30-33)48-37(24-12-26-45(48)49-44)34-17-10-18-35(29-34)46-39-20-6-8-22-41(39)47(42-23-9-7-21-40(42)46)38-25-11-16-32-15-4-5-19-36(32)38/h1-30H/i1D,2D,3D,4D,5D,6D,7D,8D,9D,10D,11D,13D,14D,15D,16D,17D,18D,19D,20D,21D,22D,23D,25D,29D. The molecule has 0 aliphatic heterocycles. The second-order valence-corrected chi connectivity index (χ2v) is 11.0. The van der Waals surface area contributed by atoms with E-state index in [0.717, 1.165) is 0 Å². The predicted molar refractivity (Wildman–Crippen MR) is 208 cm³/mol. The van der Waals surface area contributed by atoms with Gasteiger partial charge in [0.05, 0.1) is 32.9 Å². The highest BCUT2D eigenvalue weighted by atomic mass is 16.3. The van der Waals surface area contributed by atoms with E-state index in [0.29, 0.717) is 0 Å². The Morgan fingerprint density at radius 3 is 1.78 bits per heavy atom. The van der Waals surface area contributed by atoms with Crippen LogP contribution in [-0.2, 0) is 0 Å². The Kier molecular flexibility index (Phi) is 2.91. The van der Waals surface area contributed by atoms with Crippen molar-refractivity contribution in [2.24, 2.45) is 0 Å². The fourth-order valence-corrected chi connectivity index (χ4v) is 6.31. The Balaban J connectivity index is 1.43. The van der Waals surface area contributed by atoms with Crippen molar-refractivity contribution in [3.8, 4) is 44.5 Å². The molecule has 10 rings (SSSR count). The molecule has 0 atom stereocenters. The first-order chi connectivity index (χ1) is 34.3. The van der Waals surface area contributed by atoms with E-state index in [-0.39, 0.29) is 44.2 Å². The van der Waals surface area contributed by atoms with Crippen LogP contribution in [0, 0.1) is 0 Å². The van der Waals surface area contributed by atoms with E-state index in [1.54, 1.807) is 6.07 Å². The monoisotopic (exact) mass is 646 g/mol. The molecular weight excluding hydrogens is 593 g/mol. The lowest BCUT2D eigenvalue weighted by atomic mass is 9.84. The zero-order chi connectivity index (χ0) is 53.2. The molecule has 0 saturated carbocycles. The third kappa shape index (κ3) is 4.40. The SMILES string of the molecule is [2H]c1c([2H])c([2H])c(-c2ccc3oc4cccc(-c5c([2H])c([2H])c([2H])c(-c6c7c([2H])c([2H])c([2H])c([2H])c7c(-c7c([2H])c([2H])c([2H])c8c([2H])c([2H])c([2H])c([2H])c78)c7c([2H])c([2H])c([2H])c([2H])c67)c5[2H])c4c3c2)c([2H])c1[2H]. The van der Waals surface area contributed by atoms with Gasteiger partial charge in [-0.15, -0.1) is 0 Å². The van der Waals surface area contributed by atoms with Crippen LogP contribution in [0.25, 0.3) is 98.8 Å². The second-order valence-electron chi connectivity index (χ2n) is 11.0. The first-order valence-electron chi connectivity index (χ1n) is 26.9. The van der Waals surface area contributed by atoms with Crippen molar-refractivity contribution in [2.75, 3.05) is 0 Å². The Bertz CT molecular complexity index is 4140. The minimum Gasteiger partial charge on any atom is -0.456 e. The van der Waals surface area contributed by atoms with Gasteiger partial charge in [0.1, 0.15) is 11.2 Å². The van der Waals surface area contributed by atoms with Gasteiger partial charge >= 0.3 is 0 Å². The maximum atomic E-state index is 10.0. The molecule has 0 fully saturated rings. The summed E-state index contributed by atoms with van der Waals surface area (Å²) in [4.78, 5) is 0. The van der Waals surface area contributed by atoms with Crippen molar-refractivity contribution in [1.82, 2.24) is 0 Å². The van der Waals surface area contributed by atoms with Gasteiger partial charge in [0, 0.05) is 10.8 Å². The molecule has 0 aliphatic rings. The fourth-order valence-electron chi connectivity index (χ4n) is 6.31. The van der Waals surface area contributed by atoms with Gasteiger partial charge in [0.25, 0.3) is 0 Å². The predicted octanol–water partition coefficient (Wildman–Crippen LogP) is 13.7. The van der Waals surface area contributed by atoms with Crippen molar-refractivity contribution in [1.29, 1.82) is 0 Å². The van der Waals surface area contributed by atoms with Crippen LogP contribution in [0.4, 0.5) is 0 Å². The van der Waals surface area contributed by atoms with E-state index < -0.39 is 200 Å². The van der Waals surface area contributed by atoms with E-state index in [1.807, 2.05) is 0 Å². The van der Waals surface area contributed by atoms with E-state index in [2.05, 4.69) is 0 Å². The summed E-state index contributed by atoms with van der Waals surface area (Å²) in [7, 11) is 0. The third-order valence-corrected chi connectivity index (χ3v) is 8.37. The maximum absolute atomic E-state index is 10.0. The second kappa shape index (κ2) is 11.1. The minimum atomic E-state index is -0.923. The molecule has 228 valence electrons. The lowest BCUT2D eigenvalue weighted by Crippen LogP contribution is -1.92. The number of rotatable bonds is 4. The summed E-state index contributed by atoms with van der Waals surface area (Å²) in [5, 5.41) is -3.25. The van der Waals surface area contributed by atoms with Crippen molar-refractivity contribution in [2.45, 2.75) is 0 Å². The highest BCUT2D eigenvalue weighted by Gasteiger charge is 2.19. The molecular formula is C48H30O. The van der Waals surface area contributed by atoms with E-state index in [1.165, 1.54) is 30.3 Å². The van der Waals surface area contributed by atoms with E-state index in [9.17, 15) is 12.3 Å². The number of hydrogen-bond donors (Lipinski definition) is 0. The molecule has 0 unspecified atom stereocenters. The first kappa shape index (κ1) is 12.9. The molecule has 0 N–H and O–H groups in total. The summed E-state index contributed by atoms with van der Waals surface area (Å²) in [6, 6.07) is -10.3. The molecule has 0 bridgehead atoms. The van der Waals surface area contributed by atoms with Crippen LogP contribution in [0.15, 0.2) is 186 Å². The molecule has 1 heteroatoms. The van der Waals surface area contributed by atoms with Crippen LogP contribution >= 0.6 is 0 Å². The van der Waals surface area contributed by atoms with Crippen LogP contribution in [0.2, 0.25) is 0 Å². The lowest BCUT2D eigenvalue weighted by molar-refractivity contribution is 0.669. The summed E-state index contributed by atoms with van der Waals surface area (Å²) < 4.78 is 222. The summed E-state index contributed by atoms with van der Waals surface area (Å²) >= 11 is 0. The van der Waals surface area contributed by atoms with Crippen LogP contribution in [0.3, 0.4) is 0 Å². The number of benzene rings is 9. The highest BCUT2D eigenvalue weighted by molar-refractivity contribution is 6.23. The zero-order valence-electron chi connectivity index (χ0n) is 48.9. The largest absolute Gasteiger partial charge is 0.456 e. The summed E-state index contributed by atoms with van der Waals surface area (Å²) in [6.45, 7) is 0. The number of furan rings is 1. The Labute approximate surface area is 318 Å². The molecule has 0 radical (unpaired) electrons.